The first kappa shape index (κ1) is 93.7. The van der Waals surface area contributed by atoms with Crippen molar-refractivity contribution >= 4 is 17.9 Å². The van der Waals surface area contributed by atoms with Gasteiger partial charge in [0.1, 0.15) is 13.2 Å². The van der Waals surface area contributed by atoms with E-state index >= 15 is 0 Å². The Labute approximate surface area is 602 Å². The van der Waals surface area contributed by atoms with Crippen molar-refractivity contribution in [3.05, 3.63) is 72.9 Å². The van der Waals surface area contributed by atoms with Crippen molar-refractivity contribution in [3.63, 3.8) is 0 Å². The molecule has 0 saturated carbocycles. The van der Waals surface area contributed by atoms with Gasteiger partial charge in [-0.15, -0.1) is 0 Å². The van der Waals surface area contributed by atoms with Gasteiger partial charge in [0.15, 0.2) is 12.4 Å². The molecule has 0 fully saturated rings. The van der Waals surface area contributed by atoms with Gasteiger partial charge in [-0.25, -0.2) is 0 Å². The minimum absolute atomic E-state index is 0.149. The molecule has 2 atom stereocenters. The number of hydrogen-bond acceptors (Lipinski definition) is 8. The second-order valence-corrected chi connectivity index (χ2v) is 29.7. The molecule has 0 amide bonds. The van der Waals surface area contributed by atoms with Crippen LogP contribution < -0.4 is 5.11 Å². The number of carboxylic acids is 1. The fourth-order valence-electron chi connectivity index (χ4n) is 12.6. The standard InChI is InChI=1S/C88H161NO8/c1-6-8-10-12-14-16-18-20-22-24-26-28-30-32-34-36-38-39-40-41-42-43-44-45-46-47-49-50-52-54-56-58-60-62-64-66-68-70-72-74-76-78-85(90)95-82-84(83-96-88(87(92)93)94-81-80-89(3,4)5)97-86(91)79-77-75-73-71-69-67-65-63-61-59-57-55-53-51-48-37-35-33-31-29-27-25-23-21-19-17-15-13-11-9-7-2/h9,11,15,17-18,20-21,23-24,26-27,29,84,88H,6-8,10,12-14,16,19,22,25,28,30-83H2,1-5H3/b11-9-,17-15-,20-18-,23-21-,26-24-,29-27-. The minimum atomic E-state index is -1.62. The Balaban J connectivity index is 3.92. The van der Waals surface area contributed by atoms with Gasteiger partial charge in [0.25, 0.3) is 0 Å². The molecule has 0 saturated heterocycles. The van der Waals surface area contributed by atoms with E-state index < -0.39 is 24.3 Å². The lowest BCUT2D eigenvalue weighted by Crippen LogP contribution is -2.44. The third kappa shape index (κ3) is 79.9. The first-order valence-electron chi connectivity index (χ1n) is 42.1. The molecule has 0 heterocycles. The summed E-state index contributed by atoms with van der Waals surface area (Å²) in [4.78, 5) is 37.6. The van der Waals surface area contributed by atoms with Gasteiger partial charge in [-0.1, -0.05) is 389 Å². The topological polar surface area (TPSA) is 111 Å². The molecule has 0 rings (SSSR count). The third-order valence-electron chi connectivity index (χ3n) is 18.9. The fourth-order valence-corrected chi connectivity index (χ4v) is 12.6. The number of rotatable bonds is 79. The molecular formula is C88H161NO8. The zero-order valence-corrected chi connectivity index (χ0v) is 65.0. The molecular weight excluding hydrogens is 1200 g/mol. The Morgan fingerprint density at radius 2 is 0.588 bits per heavy atom. The number of carbonyl (C=O) groups excluding carboxylic acids is 3. The predicted octanol–water partition coefficient (Wildman–Crippen LogP) is 25.8. The number of quaternary nitrogens is 1. The van der Waals surface area contributed by atoms with Crippen LogP contribution >= 0.6 is 0 Å². The van der Waals surface area contributed by atoms with Crippen LogP contribution in [0.5, 0.6) is 0 Å². The van der Waals surface area contributed by atoms with Gasteiger partial charge < -0.3 is 33.3 Å². The highest BCUT2D eigenvalue weighted by atomic mass is 16.7. The molecule has 0 radical (unpaired) electrons. The van der Waals surface area contributed by atoms with Gasteiger partial charge in [0.05, 0.1) is 40.3 Å². The normalized spacial score (nSPS) is 13.0. The van der Waals surface area contributed by atoms with Crippen molar-refractivity contribution in [1.82, 2.24) is 0 Å². The monoisotopic (exact) mass is 1360 g/mol. The maximum absolute atomic E-state index is 13.0. The maximum Gasteiger partial charge on any atom is 0.306 e. The van der Waals surface area contributed by atoms with E-state index in [0.29, 0.717) is 23.9 Å². The second kappa shape index (κ2) is 78.4. The van der Waals surface area contributed by atoms with Crippen molar-refractivity contribution in [2.75, 3.05) is 47.5 Å². The average Bonchev–Trinajstić information content (AvgIpc) is 2.39. The Hall–Kier alpha value is -3.27. The molecule has 9 nitrogen and oxygen atoms in total. The van der Waals surface area contributed by atoms with Crippen LogP contribution in [-0.4, -0.2) is 82.3 Å². The van der Waals surface area contributed by atoms with Crippen molar-refractivity contribution in [1.29, 1.82) is 0 Å². The number of carboxylic acid groups (broad SMARTS) is 1. The number of esters is 2. The van der Waals surface area contributed by atoms with Crippen LogP contribution in [0, 0.1) is 0 Å². The summed E-state index contributed by atoms with van der Waals surface area (Å²) in [5, 5.41) is 11.9. The van der Waals surface area contributed by atoms with Gasteiger partial charge >= 0.3 is 11.9 Å². The van der Waals surface area contributed by atoms with E-state index in [1.807, 2.05) is 21.1 Å². The van der Waals surface area contributed by atoms with E-state index in [0.717, 1.165) is 64.2 Å². The SMILES string of the molecule is CC/C=C\C/C=C\C/C=C\C/C=C\CCCCCCCCCCCCCCCCCCCCC(=O)OC(COC(=O)CCCCCCCCCCCCCCCCCCCCCCCCCCCCCCC/C=C\C/C=C\CCCCCCC)COC(OCC[N+](C)(C)C)C(=O)[O-]. The molecule has 2 unspecified atom stereocenters. The minimum Gasteiger partial charge on any atom is -0.545 e. The van der Waals surface area contributed by atoms with E-state index in [1.165, 1.54) is 315 Å². The number of unbranched alkanes of at least 4 members (excludes halogenated alkanes) is 52. The quantitative estimate of drug-likeness (QED) is 0.0195. The number of ether oxygens (including phenoxy) is 4. The van der Waals surface area contributed by atoms with Crippen molar-refractivity contribution in [2.24, 2.45) is 0 Å². The number of aliphatic carboxylic acids is 1. The van der Waals surface area contributed by atoms with Crippen LogP contribution in [0.25, 0.3) is 0 Å². The lowest BCUT2D eigenvalue weighted by atomic mass is 10.0. The molecule has 97 heavy (non-hydrogen) atoms. The second-order valence-electron chi connectivity index (χ2n) is 29.7. The van der Waals surface area contributed by atoms with Gasteiger partial charge in [0.2, 0.25) is 0 Å². The Morgan fingerprint density at radius 1 is 0.320 bits per heavy atom. The number of nitrogens with zero attached hydrogens (tertiary/aromatic N) is 1. The number of carbonyl (C=O) groups is 3. The van der Waals surface area contributed by atoms with E-state index in [1.54, 1.807) is 0 Å². The molecule has 566 valence electrons. The molecule has 0 aliphatic carbocycles. The lowest BCUT2D eigenvalue weighted by molar-refractivity contribution is -0.870. The largest absolute Gasteiger partial charge is 0.545 e. The highest BCUT2D eigenvalue weighted by Crippen LogP contribution is 2.20. The molecule has 0 aromatic rings. The maximum atomic E-state index is 13.0. The fraction of sp³-hybridized carbons (Fsp3) is 0.830. The van der Waals surface area contributed by atoms with Crippen molar-refractivity contribution in [3.8, 4) is 0 Å². The van der Waals surface area contributed by atoms with Gasteiger partial charge in [-0.3, -0.25) is 9.59 Å². The Kier molecular flexibility index (Phi) is 75.8. The molecule has 0 aliphatic heterocycles. The summed E-state index contributed by atoms with van der Waals surface area (Å²) in [6, 6.07) is 0. The molecule has 0 bridgehead atoms. The third-order valence-corrected chi connectivity index (χ3v) is 18.9. The molecule has 0 spiro atoms. The highest BCUT2D eigenvalue weighted by molar-refractivity contribution is 5.70. The Morgan fingerprint density at radius 3 is 0.876 bits per heavy atom. The van der Waals surface area contributed by atoms with Crippen LogP contribution in [0.3, 0.4) is 0 Å². The Bertz CT molecular complexity index is 1830. The average molecular weight is 1360 g/mol. The first-order valence-corrected chi connectivity index (χ1v) is 42.1. The molecule has 0 aromatic heterocycles. The van der Waals surface area contributed by atoms with Crippen LogP contribution in [0.4, 0.5) is 0 Å². The smallest absolute Gasteiger partial charge is 0.306 e. The first-order chi connectivity index (χ1) is 47.6. The summed E-state index contributed by atoms with van der Waals surface area (Å²) < 4.78 is 22.9. The van der Waals surface area contributed by atoms with Crippen molar-refractivity contribution < 1.29 is 42.9 Å². The van der Waals surface area contributed by atoms with Crippen molar-refractivity contribution in [2.45, 2.75) is 424 Å². The van der Waals surface area contributed by atoms with Crippen LogP contribution in [0.2, 0.25) is 0 Å². The summed E-state index contributed by atoms with van der Waals surface area (Å²) in [5.74, 6) is -2.25. The molecule has 0 N–H and O–H groups in total. The zero-order chi connectivity index (χ0) is 70.4. The van der Waals surface area contributed by atoms with E-state index in [9.17, 15) is 19.5 Å². The summed E-state index contributed by atoms with van der Waals surface area (Å²) in [7, 11) is 5.95. The summed E-state index contributed by atoms with van der Waals surface area (Å²) in [6.07, 6.45) is 103. The molecule has 0 aliphatic rings. The van der Waals surface area contributed by atoms with Crippen LogP contribution in [0.15, 0.2) is 72.9 Å². The zero-order valence-electron chi connectivity index (χ0n) is 65.0. The predicted molar refractivity (Wildman–Crippen MR) is 417 cm³/mol. The van der Waals surface area contributed by atoms with Crippen LogP contribution in [-0.2, 0) is 33.3 Å². The number of hydrogen-bond donors (Lipinski definition) is 0. The highest BCUT2D eigenvalue weighted by Gasteiger charge is 2.22. The van der Waals surface area contributed by atoms with Gasteiger partial charge in [-0.2, -0.15) is 0 Å². The van der Waals surface area contributed by atoms with E-state index in [4.69, 9.17) is 18.9 Å². The van der Waals surface area contributed by atoms with E-state index in [2.05, 4.69) is 86.8 Å². The van der Waals surface area contributed by atoms with Crippen LogP contribution in [0.1, 0.15) is 412 Å². The number of allylic oxidation sites excluding steroid dienone is 12. The lowest BCUT2D eigenvalue weighted by Gasteiger charge is -2.26. The number of likely N-dealkylation sites (N-methyl/N-ethyl adjacent to an activating group) is 1. The van der Waals surface area contributed by atoms with Gasteiger partial charge in [0, 0.05) is 12.8 Å². The summed E-state index contributed by atoms with van der Waals surface area (Å²) in [5.41, 5.74) is 0. The van der Waals surface area contributed by atoms with E-state index in [-0.39, 0.29) is 32.2 Å². The summed E-state index contributed by atoms with van der Waals surface area (Å²) in [6.45, 7) is 4.69. The van der Waals surface area contributed by atoms with Gasteiger partial charge in [-0.05, 0) is 83.5 Å². The molecule has 0 aromatic carbocycles. The summed E-state index contributed by atoms with van der Waals surface area (Å²) >= 11 is 0. The molecule has 9 heteroatoms.